The molecule has 1 saturated carbocycles. The first-order chi connectivity index (χ1) is 17.8. The quantitative estimate of drug-likeness (QED) is 0.353. The molecule has 1 aliphatic heterocycles. The van der Waals surface area contributed by atoms with Gasteiger partial charge in [-0.1, -0.05) is 0 Å². The number of rotatable bonds is 12. The van der Waals surface area contributed by atoms with E-state index in [4.69, 9.17) is 9.47 Å². The average Bonchev–Trinajstić information content (AvgIpc) is 3.62. The fourth-order valence-corrected chi connectivity index (χ4v) is 5.16. The van der Waals surface area contributed by atoms with Gasteiger partial charge in [0.2, 0.25) is 11.8 Å². The lowest BCUT2D eigenvalue weighted by Gasteiger charge is -2.41. The molecule has 4 atom stereocenters. The van der Waals surface area contributed by atoms with Crippen molar-refractivity contribution in [3.8, 4) is 11.5 Å². The third kappa shape index (κ3) is 5.70. The van der Waals surface area contributed by atoms with Crippen molar-refractivity contribution in [3.05, 3.63) is 34.9 Å². The summed E-state index contributed by atoms with van der Waals surface area (Å²) in [5.41, 5.74) is 1.16. The Kier molecular flexibility index (Phi) is 8.29. The Morgan fingerprint density at radius 1 is 1.24 bits per heavy atom. The molecule has 1 heterocycles. The van der Waals surface area contributed by atoms with Crippen LogP contribution in [0.1, 0.15) is 60.9 Å². The number of fused-ring (bicyclic) bond motifs is 3. The van der Waals surface area contributed by atoms with Crippen LogP contribution in [0.25, 0.3) is 0 Å². The first-order valence-corrected chi connectivity index (χ1v) is 12.7. The second-order valence-corrected chi connectivity index (χ2v) is 9.95. The number of ether oxygens (including phenoxy) is 2. The summed E-state index contributed by atoms with van der Waals surface area (Å²) in [4.78, 5) is 51.2. The van der Waals surface area contributed by atoms with E-state index in [1.165, 1.54) is 20.1 Å². The molecule has 10 nitrogen and oxygen atoms in total. The molecule has 1 aromatic carbocycles. The van der Waals surface area contributed by atoms with Crippen molar-refractivity contribution in [2.75, 3.05) is 26.8 Å². The third-order valence-electron chi connectivity index (χ3n) is 7.16. The number of amides is 2. The Morgan fingerprint density at radius 3 is 2.62 bits per heavy atom. The maximum Gasteiger partial charge on any atom is 0.247 e. The molecule has 0 spiro atoms. The number of methoxy groups -OCH3 is 1. The van der Waals surface area contributed by atoms with E-state index >= 15 is 0 Å². The van der Waals surface area contributed by atoms with E-state index in [2.05, 4.69) is 5.32 Å². The summed E-state index contributed by atoms with van der Waals surface area (Å²) in [7, 11) is 1.44. The minimum absolute atomic E-state index is 0.00517. The van der Waals surface area contributed by atoms with Crippen LogP contribution in [0.4, 0.5) is 0 Å². The van der Waals surface area contributed by atoms with Gasteiger partial charge in [-0.05, 0) is 50.3 Å². The summed E-state index contributed by atoms with van der Waals surface area (Å²) >= 11 is 0. The van der Waals surface area contributed by atoms with Gasteiger partial charge in [-0.2, -0.15) is 0 Å². The third-order valence-corrected chi connectivity index (χ3v) is 7.16. The van der Waals surface area contributed by atoms with Crippen molar-refractivity contribution in [1.29, 1.82) is 0 Å². The number of carbonyl (C=O) groups is 4. The molecule has 10 heteroatoms. The molecule has 4 rings (SSSR count). The predicted octanol–water partition coefficient (Wildman–Crippen LogP) is 1.13. The van der Waals surface area contributed by atoms with Gasteiger partial charge in [0, 0.05) is 42.6 Å². The van der Waals surface area contributed by atoms with Gasteiger partial charge in [-0.25, -0.2) is 0 Å². The molecule has 3 N–H and O–H groups in total. The number of nitrogens with one attached hydrogen (secondary N) is 1. The summed E-state index contributed by atoms with van der Waals surface area (Å²) in [6, 6.07) is 2.32. The Labute approximate surface area is 215 Å². The summed E-state index contributed by atoms with van der Waals surface area (Å²) < 4.78 is 11.6. The summed E-state index contributed by atoms with van der Waals surface area (Å²) in [5, 5.41) is 23.5. The van der Waals surface area contributed by atoms with Crippen LogP contribution >= 0.6 is 0 Å². The van der Waals surface area contributed by atoms with Crippen LogP contribution in [0.5, 0.6) is 11.5 Å². The standard InChI is InChI=1S/C27H34N2O8/c1-15(32)4-3-5-22(33)29(13-16-6-7-16)20-12-19(27(35)28-8-9-30)23-18-10-17(14-31)11-21(36-2)25(18)37-26(23)24(20)34/h10-12,14,16,20,23-24,26,30,34H,3-9,13H2,1-2H3,(H,28,35)/t20-,23+,24+,26+/m1/s1. The van der Waals surface area contributed by atoms with Crippen molar-refractivity contribution in [3.63, 3.8) is 0 Å². The van der Waals surface area contributed by atoms with E-state index in [0.717, 1.165) is 12.8 Å². The zero-order chi connectivity index (χ0) is 26.7. The van der Waals surface area contributed by atoms with Crippen LogP contribution in [-0.4, -0.2) is 84.1 Å². The molecule has 0 unspecified atom stereocenters. The Bertz CT molecular complexity index is 1100. The number of hydrogen-bond acceptors (Lipinski definition) is 8. The summed E-state index contributed by atoms with van der Waals surface area (Å²) in [6.45, 7) is 1.70. The molecular weight excluding hydrogens is 480 g/mol. The predicted molar refractivity (Wildman–Crippen MR) is 132 cm³/mol. The Balaban J connectivity index is 1.73. The number of aliphatic hydroxyl groups is 2. The van der Waals surface area contributed by atoms with E-state index in [1.54, 1.807) is 17.0 Å². The molecule has 0 saturated heterocycles. The van der Waals surface area contributed by atoms with Crippen LogP contribution in [0.15, 0.2) is 23.8 Å². The molecule has 1 fully saturated rings. The van der Waals surface area contributed by atoms with E-state index in [9.17, 15) is 29.4 Å². The lowest BCUT2D eigenvalue weighted by molar-refractivity contribution is -0.137. The van der Waals surface area contributed by atoms with Gasteiger partial charge in [-0.15, -0.1) is 0 Å². The maximum absolute atomic E-state index is 13.3. The molecule has 1 aromatic rings. The van der Waals surface area contributed by atoms with Gasteiger partial charge in [0.25, 0.3) is 0 Å². The first kappa shape index (κ1) is 26.8. The zero-order valence-electron chi connectivity index (χ0n) is 21.1. The number of benzene rings is 1. The van der Waals surface area contributed by atoms with Crippen molar-refractivity contribution in [1.82, 2.24) is 10.2 Å². The molecule has 0 aromatic heterocycles. The zero-order valence-corrected chi connectivity index (χ0v) is 21.1. The molecule has 0 bridgehead atoms. The first-order valence-electron chi connectivity index (χ1n) is 12.7. The topological polar surface area (TPSA) is 142 Å². The second kappa shape index (κ2) is 11.4. The number of carbonyl (C=O) groups excluding carboxylic acids is 4. The average molecular weight is 515 g/mol. The highest BCUT2D eigenvalue weighted by Crippen LogP contribution is 2.51. The molecule has 200 valence electrons. The largest absolute Gasteiger partial charge is 0.493 e. The van der Waals surface area contributed by atoms with E-state index < -0.39 is 30.1 Å². The number of hydrogen-bond donors (Lipinski definition) is 3. The lowest BCUT2D eigenvalue weighted by Crippen LogP contribution is -2.56. The van der Waals surface area contributed by atoms with E-state index in [-0.39, 0.29) is 36.8 Å². The van der Waals surface area contributed by atoms with Crippen LogP contribution in [-0.2, 0) is 14.4 Å². The van der Waals surface area contributed by atoms with Crippen molar-refractivity contribution in [2.24, 2.45) is 5.92 Å². The smallest absolute Gasteiger partial charge is 0.247 e. The fraction of sp³-hybridized carbons (Fsp3) is 0.556. The van der Waals surface area contributed by atoms with Crippen molar-refractivity contribution >= 4 is 23.9 Å². The molecular formula is C27H34N2O8. The number of Topliss-reactive ketones (excluding diaryl/α,β-unsaturated/α-hetero) is 1. The highest BCUT2D eigenvalue weighted by Gasteiger charge is 2.51. The van der Waals surface area contributed by atoms with Crippen molar-refractivity contribution < 1.29 is 38.9 Å². The van der Waals surface area contributed by atoms with E-state index in [0.29, 0.717) is 54.2 Å². The van der Waals surface area contributed by atoms with Gasteiger partial charge in [0.15, 0.2) is 11.5 Å². The van der Waals surface area contributed by atoms with Gasteiger partial charge in [0.1, 0.15) is 24.3 Å². The SMILES string of the molecule is COc1cc(C=O)cc2c1O[C@@H]1[C@@H](O)[C@H](N(CC3CC3)C(=O)CCCC(C)=O)C=C(C(=O)NCCO)[C@H]21. The Hall–Kier alpha value is -3.24. The number of ketones is 1. The molecule has 2 amide bonds. The normalized spacial score (nSPS) is 23.7. The monoisotopic (exact) mass is 514 g/mol. The minimum atomic E-state index is -1.16. The Morgan fingerprint density at radius 2 is 2.00 bits per heavy atom. The van der Waals surface area contributed by atoms with Crippen molar-refractivity contribution in [2.45, 2.75) is 63.2 Å². The highest BCUT2D eigenvalue weighted by molar-refractivity contribution is 5.96. The number of nitrogens with zero attached hydrogens (tertiary/aromatic N) is 1. The summed E-state index contributed by atoms with van der Waals surface area (Å²) in [5.74, 6) is -0.386. The van der Waals surface area contributed by atoms with Gasteiger partial charge in [0.05, 0.1) is 25.7 Å². The number of aldehydes is 1. The molecule has 3 aliphatic rings. The second-order valence-electron chi connectivity index (χ2n) is 9.95. The van der Waals surface area contributed by atoms with Gasteiger partial charge >= 0.3 is 0 Å². The fourth-order valence-electron chi connectivity index (χ4n) is 5.16. The van der Waals surface area contributed by atoms with Gasteiger partial charge in [-0.3, -0.25) is 14.4 Å². The summed E-state index contributed by atoms with van der Waals surface area (Å²) in [6.07, 6.45) is 3.04. The van der Waals surface area contributed by atoms with Crippen LogP contribution in [0, 0.1) is 5.92 Å². The van der Waals surface area contributed by atoms with Gasteiger partial charge < -0.3 is 34.7 Å². The van der Waals surface area contributed by atoms with Crippen LogP contribution in [0.2, 0.25) is 0 Å². The molecule has 2 aliphatic carbocycles. The number of aliphatic hydroxyl groups excluding tert-OH is 2. The maximum atomic E-state index is 13.3. The molecule has 37 heavy (non-hydrogen) atoms. The minimum Gasteiger partial charge on any atom is -0.493 e. The lowest BCUT2D eigenvalue weighted by atomic mass is 9.77. The van der Waals surface area contributed by atoms with Crippen LogP contribution in [0.3, 0.4) is 0 Å². The van der Waals surface area contributed by atoms with E-state index in [1.807, 2.05) is 0 Å². The molecule has 0 radical (unpaired) electrons. The highest BCUT2D eigenvalue weighted by atomic mass is 16.5. The van der Waals surface area contributed by atoms with Crippen LogP contribution < -0.4 is 14.8 Å².